The second-order valence-electron chi connectivity index (χ2n) is 5.87. The molecule has 0 spiro atoms. The lowest BCUT2D eigenvalue weighted by molar-refractivity contribution is -0.198. The van der Waals surface area contributed by atoms with E-state index in [9.17, 15) is 5.11 Å². The number of rotatable bonds is 2. The molecule has 0 aliphatic carbocycles. The average Bonchev–Trinajstić information content (AvgIpc) is 2.42. The van der Waals surface area contributed by atoms with Crippen LogP contribution < -0.4 is 0 Å². The van der Waals surface area contributed by atoms with Gasteiger partial charge in [-0.2, -0.15) is 0 Å². The SMILES string of the molecule is CC1OCCC2N(Cc3ccccc3)CCCC12O. The number of likely N-dealkylation sites (tertiary alicyclic amines) is 1. The van der Waals surface area contributed by atoms with Crippen molar-refractivity contribution in [3.8, 4) is 0 Å². The van der Waals surface area contributed by atoms with Crippen LogP contribution in [0.4, 0.5) is 0 Å². The molecule has 0 radical (unpaired) electrons. The fourth-order valence-corrected chi connectivity index (χ4v) is 3.62. The van der Waals surface area contributed by atoms with E-state index in [0.29, 0.717) is 0 Å². The first-order chi connectivity index (χ1) is 9.20. The summed E-state index contributed by atoms with van der Waals surface area (Å²) in [7, 11) is 0. The van der Waals surface area contributed by atoms with Gasteiger partial charge in [0.2, 0.25) is 0 Å². The van der Waals surface area contributed by atoms with E-state index in [0.717, 1.165) is 39.0 Å². The molecule has 3 heteroatoms. The van der Waals surface area contributed by atoms with Crippen LogP contribution in [0.2, 0.25) is 0 Å². The van der Waals surface area contributed by atoms with Crippen LogP contribution in [0.25, 0.3) is 0 Å². The summed E-state index contributed by atoms with van der Waals surface area (Å²) in [6.45, 7) is 4.78. The van der Waals surface area contributed by atoms with Crippen LogP contribution in [0.3, 0.4) is 0 Å². The van der Waals surface area contributed by atoms with Crippen LogP contribution in [-0.4, -0.2) is 40.9 Å². The molecular formula is C16H23NO2. The second-order valence-corrected chi connectivity index (χ2v) is 5.87. The predicted octanol–water partition coefficient (Wildman–Crippen LogP) is 2.19. The fraction of sp³-hybridized carbons (Fsp3) is 0.625. The number of ether oxygens (including phenoxy) is 1. The van der Waals surface area contributed by atoms with Gasteiger partial charge in [-0.05, 0) is 38.3 Å². The molecule has 0 amide bonds. The van der Waals surface area contributed by atoms with Crippen LogP contribution in [0.1, 0.15) is 31.7 Å². The third-order valence-corrected chi connectivity index (χ3v) is 4.73. The van der Waals surface area contributed by atoms with Gasteiger partial charge in [0.25, 0.3) is 0 Å². The van der Waals surface area contributed by atoms with Gasteiger partial charge in [-0.1, -0.05) is 30.3 Å². The predicted molar refractivity (Wildman–Crippen MR) is 74.9 cm³/mol. The van der Waals surface area contributed by atoms with Crippen LogP contribution >= 0.6 is 0 Å². The van der Waals surface area contributed by atoms with E-state index < -0.39 is 5.60 Å². The molecular weight excluding hydrogens is 238 g/mol. The van der Waals surface area contributed by atoms with Crippen molar-refractivity contribution in [1.82, 2.24) is 4.90 Å². The van der Waals surface area contributed by atoms with Gasteiger partial charge >= 0.3 is 0 Å². The fourth-order valence-electron chi connectivity index (χ4n) is 3.62. The Bertz CT molecular complexity index is 422. The van der Waals surface area contributed by atoms with Crippen molar-refractivity contribution in [2.75, 3.05) is 13.2 Å². The lowest BCUT2D eigenvalue weighted by Gasteiger charge is -2.52. The minimum absolute atomic E-state index is 0.0511. The van der Waals surface area contributed by atoms with Crippen molar-refractivity contribution in [2.24, 2.45) is 0 Å². The van der Waals surface area contributed by atoms with Gasteiger partial charge in [0.05, 0.1) is 6.10 Å². The van der Waals surface area contributed by atoms with E-state index in [1.54, 1.807) is 0 Å². The zero-order chi connectivity index (χ0) is 13.3. The number of piperidine rings is 1. The van der Waals surface area contributed by atoms with E-state index in [2.05, 4.69) is 29.2 Å². The quantitative estimate of drug-likeness (QED) is 0.886. The lowest BCUT2D eigenvalue weighted by atomic mass is 9.77. The summed E-state index contributed by atoms with van der Waals surface area (Å²) in [5, 5.41) is 10.9. The highest BCUT2D eigenvalue weighted by Crippen LogP contribution is 2.37. The van der Waals surface area contributed by atoms with Gasteiger partial charge in [0.15, 0.2) is 0 Å². The zero-order valence-electron chi connectivity index (χ0n) is 11.6. The Morgan fingerprint density at radius 2 is 2.16 bits per heavy atom. The van der Waals surface area contributed by atoms with E-state index in [1.807, 2.05) is 13.0 Å². The molecule has 3 unspecified atom stereocenters. The molecule has 1 aromatic rings. The van der Waals surface area contributed by atoms with Crippen molar-refractivity contribution in [2.45, 2.75) is 50.5 Å². The number of aliphatic hydroxyl groups is 1. The van der Waals surface area contributed by atoms with Crippen molar-refractivity contribution >= 4 is 0 Å². The molecule has 104 valence electrons. The zero-order valence-corrected chi connectivity index (χ0v) is 11.6. The summed E-state index contributed by atoms with van der Waals surface area (Å²) in [4.78, 5) is 2.44. The highest BCUT2D eigenvalue weighted by molar-refractivity contribution is 5.15. The molecule has 19 heavy (non-hydrogen) atoms. The first-order valence-corrected chi connectivity index (χ1v) is 7.32. The Labute approximate surface area is 115 Å². The largest absolute Gasteiger partial charge is 0.386 e. The molecule has 1 aromatic carbocycles. The van der Waals surface area contributed by atoms with Crippen molar-refractivity contribution in [1.29, 1.82) is 0 Å². The lowest BCUT2D eigenvalue weighted by Crippen LogP contribution is -2.64. The van der Waals surface area contributed by atoms with Gasteiger partial charge in [-0.25, -0.2) is 0 Å². The van der Waals surface area contributed by atoms with Crippen molar-refractivity contribution in [3.63, 3.8) is 0 Å². The van der Waals surface area contributed by atoms with Gasteiger partial charge in [0, 0.05) is 19.2 Å². The number of nitrogens with zero attached hydrogens (tertiary/aromatic N) is 1. The van der Waals surface area contributed by atoms with Crippen LogP contribution in [0.5, 0.6) is 0 Å². The summed E-state index contributed by atoms with van der Waals surface area (Å²) in [5.41, 5.74) is 0.663. The van der Waals surface area contributed by atoms with Gasteiger partial charge in [-0.3, -0.25) is 4.90 Å². The minimum Gasteiger partial charge on any atom is -0.386 e. The van der Waals surface area contributed by atoms with Gasteiger partial charge in [-0.15, -0.1) is 0 Å². The number of hydrogen-bond acceptors (Lipinski definition) is 3. The minimum atomic E-state index is -0.661. The molecule has 2 fully saturated rings. The maximum atomic E-state index is 10.9. The number of benzene rings is 1. The first-order valence-electron chi connectivity index (χ1n) is 7.32. The monoisotopic (exact) mass is 261 g/mol. The van der Waals surface area contributed by atoms with Gasteiger partial charge in [0.1, 0.15) is 5.60 Å². The maximum absolute atomic E-state index is 10.9. The molecule has 3 atom stereocenters. The van der Waals surface area contributed by atoms with E-state index in [4.69, 9.17) is 4.74 Å². The van der Waals surface area contributed by atoms with Crippen LogP contribution in [0, 0.1) is 0 Å². The Hall–Kier alpha value is -0.900. The van der Waals surface area contributed by atoms with Gasteiger partial charge < -0.3 is 9.84 Å². The molecule has 0 saturated carbocycles. The smallest absolute Gasteiger partial charge is 0.106 e. The molecule has 2 aliphatic heterocycles. The molecule has 1 N–H and O–H groups in total. The highest BCUT2D eigenvalue weighted by Gasteiger charge is 2.49. The molecule has 2 saturated heterocycles. The molecule has 2 aliphatic rings. The molecule has 0 aromatic heterocycles. The standard InChI is InChI=1S/C16H23NO2/c1-13-16(18)9-5-10-17(15(16)8-11-19-13)12-14-6-3-2-4-7-14/h2-4,6-7,13,15,18H,5,8-12H2,1H3. The van der Waals surface area contributed by atoms with Crippen molar-refractivity contribution in [3.05, 3.63) is 35.9 Å². The Balaban J connectivity index is 1.78. The summed E-state index contributed by atoms with van der Waals surface area (Å²) in [5.74, 6) is 0. The highest BCUT2D eigenvalue weighted by atomic mass is 16.5. The van der Waals surface area contributed by atoms with Crippen molar-refractivity contribution < 1.29 is 9.84 Å². The molecule has 2 heterocycles. The second kappa shape index (κ2) is 5.23. The summed E-state index contributed by atoms with van der Waals surface area (Å²) in [6, 6.07) is 10.8. The summed E-state index contributed by atoms with van der Waals surface area (Å²) < 4.78 is 5.67. The summed E-state index contributed by atoms with van der Waals surface area (Å²) >= 11 is 0. The molecule has 0 bridgehead atoms. The molecule has 3 nitrogen and oxygen atoms in total. The topological polar surface area (TPSA) is 32.7 Å². The first kappa shape index (κ1) is 13.1. The van der Waals surface area contributed by atoms with Crippen LogP contribution in [0.15, 0.2) is 30.3 Å². The average molecular weight is 261 g/mol. The number of fused-ring (bicyclic) bond motifs is 1. The van der Waals surface area contributed by atoms with E-state index in [1.165, 1.54) is 5.56 Å². The third-order valence-electron chi connectivity index (χ3n) is 4.73. The van der Waals surface area contributed by atoms with Crippen LogP contribution in [-0.2, 0) is 11.3 Å². The third kappa shape index (κ3) is 2.42. The normalized spacial score (nSPS) is 35.9. The Kier molecular flexibility index (Phi) is 3.61. The Morgan fingerprint density at radius 3 is 2.95 bits per heavy atom. The Morgan fingerprint density at radius 1 is 1.37 bits per heavy atom. The van der Waals surface area contributed by atoms with E-state index in [-0.39, 0.29) is 12.1 Å². The number of hydrogen-bond donors (Lipinski definition) is 1. The van der Waals surface area contributed by atoms with E-state index >= 15 is 0 Å². The maximum Gasteiger partial charge on any atom is 0.106 e. The molecule has 3 rings (SSSR count). The summed E-state index contributed by atoms with van der Waals surface area (Å²) in [6.07, 6.45) is 2.80.